The van der Waals surface area contributed by atoms with Gasteiger partial charge in [-0.25, -0.2) is 0 Å². The number of nitrogens with two attached hydrogens (primary N) is 2. The maximum absolute atomic E-state index is 12.5. The zero-order chi connectivity index (χ0) is 20.3. The van der Waals surface area contributed by atoms with Crippen molar-refractivity contribution in [3.05, 3.63) is 53.7 Å². The van der Waals surface area contributed by atoms with Crippen LogP contribution in [0.15, 0.2) is 42.5 Å². The fourth-order valence-corrected chi connectivity index (χ4v) is 3.01. The molecule has 6 nitrogen and oxygen atoms in total. The predicted octanol–water partition coefficient (Wildman–Crippen LogP) is 3.19. The molecule has 0 spiro atoms. The molecule has 0 aliphatic rings. The standard InChI is InChI=1S/C19H17F3N4O2/c20-19(21,22)28-12-5-1-4-11(10-12)13-6-2-7-14-15(8-3-9-23)17(18(24)27)26-25-16(13)14/h1-2,4-7,10H,3,8-9,23H2,(H2,24,27). The number of fused-ring (bicyclic) bond motifs is 1. The summed E-state index contributed by atoms with van der Waals surface area (Å²) in [6.45, 7) is 0.415. The Bertz CT molecular complexity index is 1020. The fourth-order valence-electron chi connectivity index (χ4n) is 3.01. The monoisotopic (exact) mass is 390 g/mol. The van der Waals surface area contributed by atoms with Crippen LogP contribution in [0.3, 0.4) is 0 Å². The number of carbonyl (C=O) groups is 1. The highest BCUT2D eigenvalue weighted by Crippen LogP contribution is 2.33. The predicted molar refractivity (Wildman–Crippen MR) is 97.6 cm³/mol. The molecule has 4 N–H and O–H groups in total. The topological polar surface area (TPSA) is 104 Å². The summed E-state index contributed by atoms with van der Waals surface area (Å²) in [5.41, 5.74) is 13.1. The van der Waals surface area contributed by atoms with Gasteiger partial charge in [-0.3, -0.25) is 4.79 Å². The van der Waals surface area contributed by atoms with E-state index >= 15 is 0 Å². The Kier molecular flexibility index (Phi) is 5.46. The number of ether oxygens (including phenoxy) is 1. The number of halogens is 3. The lowest BCUT2D eigenvalue weighted by Crippen LogP contribution is -2.18. The van der Waals surface area contributed by atoms with Crippen molar-refractivity contribution in [3.63, 3.8) is 0 Å². The summed E-state index contributed by atoms with van der Waals surface area (Å²) in [5.74, 6) is -1.04. The van der Waals surface area contributed by atoms with E-state index in [0.29, 0.717) is 47.0 Å². The number of primary amides is 1. The van der Waals surface area contributed by atoms with Crippen LogP contribution in [-0.2, 0) is 6.42 Å². The maximum atomic E-state index is 12.5. The third kappa shape index (κ3) is 4.20. The molecule has 0 saturated heterocycles. The molecule has 0 atom stereocenters. The molecule has 0 unspecified atom stereocenters. The Morgan fingerprint density at radius 1 is 1.11 bits per heavy atom. The van der Waals surface area contributed by atoms with Gasteiger partial charge in [-0.1, -0.05) is 30.3 Å². The van der Waals surface area contributed by atoms with E-state index in [-0.39, 0.29) is 11.4 Å². The minimum absolute atomic E-state index is 0.0623. The number of aromatic nitrogens is 2. The number of aryl methyl sites for hydroxylation is 1. The molecule has 0 bridgehead atoms. The number of rotatable bonds is 6. The number of alkyl halides is 3. The third-order valence-corrected chi connectivity index (χ3v) is 4.14. The first kappa shape index (κ1) is 19.6. The van der Waals surface area contributed by atoms with Crippen LogP contribution in [0.2, 0.25) is 0 Å². The van der Waals surface area contributed by atoms with Gasteiger partial charge >= 0.3 is 6.36 Å². The Morgan fingerprint density at radius 3 is 2.54 bits per heavy atom. The van der Waals surface area contributed by atoms with Crippen molar-refractivity contribution in [1.82, 2.24) is 10.2 Å². The van der Waals surface area contributed by atoms with E-state index in [1.54, 1.807) is 24.3 Å². The minimum atomic E-state index is -4.79. The van der Waals surface area contributed by atoms with E-state index in [0.717, 1.165) is 0 Å². The lowest BCUT2D eigenvalue weighted by molar-refractivity contribution is -0.274. The molecule has 3 rings (SSSR count). The maximum Gasteiger partial charge on any atom is 0.573 e. The fraction of sp³-hybridized carbons (Fsp3) is 0.211. The van der Waals surface area contributed by atoms with Gasteiger partial charge in [0.2, 0.25) is 0 Å². The van der Waals surface area contributed by atoms with Crippen molar-refractivity contribution in [2.45, 2.75) is 19.2 Å². The molecule has 0 fully saturated rings. The third-order valence-electron chi connectivity index (χ3n) is 4.14. The van der Waals surface area contributed by atoms with Crippen molar-refractivity contribution in [3.8, 4) is 16.9 Å². The van der Waals surface area contributed by atoms with Crippen LogP contribution >= 0.6 is 0 Å². The number of hydrogen-bond donors (Lipinski definition) is 2. The number of hydrogen-bond acceptors (Lipinski definition) is 5. The van der Waals surface area contributed by atoms with E-state index in [1.165, 1.54) is 18.2 Å². The molecule has 9 heteroatoms. The first-order valence-corrected chi connectivity index (χ1v) is 8.44. The Balaban J connectivity index is 2.16. The van der Waals surface area contributed by atoms with Gasteiger partial charge in [-0.05, 0) is 42.6 Å². The van der Waals surface area contributed by atoms with Crippen molar-refractivity contribution in [2.75, 3.05) is 6.54 Å². The number of nitrogens with zero attached hydrogens (tertiary/aromatic N) is 2. The summed E-state index contributed by atoms with van der Waals surface area (Å²) in [4.78, 5) is 11.7. The highest BCUT2D eigenvalue weighted by molar-refractivity contribution is 6.01. The Hall–Kier alpha value is -3.20. The van der Waals surface area contributed by atoms with Crippen LogP contribution < -0.4 is 16.2 Å². The molecule has 1 aromatic heterocycles. The highest BCUT2D eigenvalue weighted by atomic mass is 19.4. The van der Waals surface area contributed by atoms with E-state index in [4.69, 9.17) is 11.5 Å². The molecule has 0 radical (unpaired) electrons. The number of carbonyl (C=O) groups excluding carboxylic acids is 1. The van der Waals surface area contributed by atoms with E-state index in [9.17, 15) is 18.0 Å². The van der Waals surface area contributed by atoms with E-state index < -0.39 is 12.3 Å². The average Bonchev–Trinajstić information content (AvgIpc) is 2.64. The quantitative estimate of drug-likeness (QED) is 0.673. The Morgan fingerprint density at radius 2 is 1.86 bits per heavy atom. The zero-order valence-electron chi connectivity index (χ0n) is 14.7. The van der Waals surface area contributed by atoms with Crippen LogP contribution in [-0.4, -0.2) is 29.0 Å². The molecule has 3 aromatic rings. The van der Waals surface area contributed by atoms with Gasteiger partial charge in [0.15, 0.2) is 5.69 Å². The first-order valence-electron chi connectivity index (χ1n) is 8.44. The van der Waals surface area contributed by atoms with Crippen molar-refractivity contribution in [2.24, 2.45) is 11.5 Å². The van der Waals surface area contributed by atoms with Crippen molar-refractivity contribution in [1.29, 1.82) is 0 Å². The normalized spacial score (nSPS) is 11.6. The van der Waals surface area contributed by atoms with Crippen LogP contribution in [0.4, 0.5) is 13.2 Å². The van der Waals surface area contributed by atoms with Gasteiger partial charge in [0, 0.05) is 10.9 Å². The van der Waals surface area contributed by atoms with Crippen molar-refractivity contribution >= 4 is 16.8 Å². The van der Waals surface area contributed by atoms with Gasteiger partial charge in [-0.2, -0.15) is 0 Å². The summed E-state index contributed by atoms with van der Waals surface area (Å²) in [6.07, 6.45) is -3.70. The molecule has 0 aliphatic carbocycles. The van der Waals surface area contributed by atoms with Crippen LogP contribution in [0.1, 0.15) is 22.5 Å². The van der Waals surface area contributed by atoms with E-state index in [2.05, 4.69) is 14.9 Å². The van der Waals surface area contributed by atoms with Gasteiger partial charge in [0.05, 0.1) is 0 Å². The summed E-state index contributed by atoms with van der Waals surface area (Å²) < 4.78 is 41.6. The molecular weight excluding hydrogens is 373 g/mol. The molecule has 0 aliphatic heterocycles. The molecule has 2 aromatic carbocycles. The van der Waals surface area contributed by atoms with Crippen LogP contribution in [0.5, 0.6) is 5.75 Å². The van der Waals surface area contributed by atoms with E-state index in [1.807, 2.05) is 0 Å². The second-order valence-electron chi connectivity index (χ2n) is 6.06. The largest absolute Gasteiger partial charge is 0.573 e. The lowest BCUT2D eigenvalue weighted by atomic mass is 9.97. The molecule has 1 amide bonds. The van der Waals surface area contributed by atoms with Crippen molar-refractivity contribution < 1.29 is 22.7 Å². The van der Waals surface area contributed by atoms with Crippen LogP contribution in [0.25, 0.3) is 22.0 Å². The minimum Gasteiger partial charge on any atom is -0.406 e. The Labute approximate surface area is 158 Å². The molecule has 1 heterocycles. The average molecular weight is 390 g/mol. The smallest absolute Gasteiger partial charge is 0.406 e. The molecule has 146 valence electrons. The molecule has 0 saturated carbocycles. The summed E-state index contributed by atoms with van der Waals surface area (Å²) in [7, 11) is 0. The van der Waals surface area contributed by atoms with Gasteiger partial charge in [0.1, 0.15) is 11.3 Å². The summed E-state index contributed by atoms with van der Waals surface area (Å²) in [6, 6.07) is 10.8. The zero-order valence-corrected chi connectivity index (χ0v) is 14.7. The van der Waals surface area contributed by atoms with Gasteiger partial charge < -0.3 is 16.2 Å². The van der Waals surface area contributed by atoms with Gasteiger partial charge in [-0.15, -0.1) is 23.4 Å². The second kappa shape index (κ2) is 7.81. The molecular formula is C19H17F3N4O2. The first-order chi connectivity index (χ1) is 13.3. The summed E-state index contributed by atoms with van der Waals surface area (Å²) in [5, 5.41) is 8.71. The molecule has 28 heavy (non-hydrogen) atoms. The van der Waals surface area contributed by atoms with Crippen LogP contribution in [0, 0.1) is 0 Å². The lowest BCUT2D eigenvalue weighted by Gasteiger charge is -2.13. The second-order valence-corrected chi connectivity index (χ2v) is 6.06. The number of amides is 1. The SMILES string of the molecule is NCCCc1c(C(N)=O)nnc2c(-c3cccc(OC(F)(F)F)c3)cccc12. The van der Waals surface area contributed by atoms with Gasteiger partial charge in [0.25, 0.3) is 5.91 Å². The number of benzene rings is 2. The highest BCUT2D eigenvalue weighted by Gasteiger charge is 2.31. The summed E-state index contributed by atoms with van der Waals surface area (Å²) >= 11 is 0.